The number of ether oxygens (including phenoxy) is 2. The van der Waals surface area contributed by atoms with Crippen LogP contribution in [0.4, 0.5) is 0 Å². The normalized spacial score (nSPS) is 11.7. The van der Waals surface area contributed by atoms with Gasteiger partial charge in [-0.05, 0) is 28.3 Å². The van der Waals surface area contributed by atoms with Gasteiger partial charge in [0, 0.05) is 31.4 Å². The molecule has 0 saturated heterocycles. The van der Waals surface area contributed by atoms with Gasteiger partial charge in [0.25, 0.3) is 0 Å². The van der Waals surface area contributed by atoms with E-state index in [0.29, 0.717) is 5.56 Å². The SMILES string of the molecule is CCC/C(=C\C(=O)NCC(=O)c1ccc(C(OC)OC)c2ccccc12)c1ccccc1. The molecule has 0 aliphatic rings. The number of hydrogen-bond acceptors (Lipinski definition) is 4. The van der Waals surface area contributed by atoms with Gasteiger partial charge in [-0.25, -0.2) is 0 Å². The number of hydrogen-bond donors (Lipinski definition) is 1. The largest absolute Gasteiger partial charge is 0.352 e. The summed E-state index contributed by atoms with van der Waals surface area (Å²) < 4.78 is 10.8. The molecule has 0 aromatic heterocycles. The lowest BCUT2D eigenvalue weighted by atomic mass is 9.96. The second kappa shape index (κ2) is 11.4. The number of rotatable bonds is 10. The smallest absolute Gasteiger partial charge is 0.244 e. The molecule has 3 aromatic carbocycles. The van der Waals surface area contributed by atoms with E-state index in [0.717, 1.165) is 40.3 Å². The molecular weight excluding hydrogens is 402 g/mol. The van der Waals surface area contributed by atoms with Crippen LogP contribution < -0.4 is 5.32 Å². The Labute approximate surface area is 189 Å². The molecule has 3 aromatic rings. The van der Waals surface area contributed by atoms with Gasteiger partial charge in [0.1, 0.15) is 0 Å². The van der Waals surface area contributed by atoms with E-state index >= 15 is 0 Å². The standard InChI is InChI=1S/C27H29NO4/c1-4-10-20(19-11-6-5-7-12-19)17-26(30)28-18-25(29)23-15-16-24(27(31-2)32-3)22-14-9-8-13-21(22)23/h5-9,11-17,27H,4,10,18H2,1-3H3,(H,28,30)/b20-17+. The molecule has 166 valence electrons. The van der Waals surface area contributed by atoms with Gasteiger partial charge in [-0.3, -0.25) is 9.59 Å². The van der Waals surface area contributed by atoms with Crippen LogP contribution in [0.15, 0.2) is 72.8 Å². The van der Waals surface area contributed by atoms with Crippen molar-refractivity contribution in [2.24, 2.45) is 0 Å². The summed E-state index contributed by atoms with van der Waals surface area (Å²) in [6, 6.07) is 21.0. The van der Waals surface area contributed by atoms with E-state index in [4.69, 9.17) is 9.47 Å². The molecule has 0 aliphatic carbocycles. The van der Waals surface area contributed by atoms with E-state index in [1.165, 1.54) is 0 Å². The first kappa shape index (κ1) is 23.4. The van der Waals surface area contributed by atoms with Crippen LogP contribution in [0.2, 0.25) is 0 Å². The molecule has 0 heterocycles. The highest BCUT2D eigenvalue weighted by Crippen LogP contribution is 2.29. The molecule has 0 atom stereocenters. The molecule has 0 saturated carbocycles. The number of amides is 1. The van der Waals surface area contributed by atoms with Gasteiger partial charge in [0.2, 0.25) is 5.91 Å². The van der Waals surface area contributed by atoms with Crippen LogP contribution in [0.25, 0.3) is 16.3 Å². The van der Waals surface area contributed by atoms with Crippen molar-refractivity contribution in [3.05, 3.63) is 89.5 Å². The fourth-order valence-corrected chi connectivity index (χ4v) is 3.81. The Hall–Kier alpha value is -3.28. The van der Waals surface area contributed by atoms with Gasteiger partial charge in [-0.2, -0.15) is 0 Å². The first-order valence-electron chi connectivity index (χ1n) is 10.7. The van der Waals surface area contributed by atoms with Crippen molar-refractivity contribution in [1.82, 2.24) is 5.32 Å². The van der Waals surface area contributed by atoms with Crippen molar-refractivity contribution >= 4 is 28.0 Å². The summed E-state index contributed by atoms with van der Waals surface area (Å²) >= 11 is 0. The van der Waals surface area contributed by atoms with Crippen LogP contribution in [0.1, 0.15) is 47.5 Å². The summed E-state index contributed by atoms with van der Waals surface area (Å²) in [4.78, 5) is 25.5. The Balaban J connectivity index is 1.79. The van der Waals surface area contributed by atoms with Gasteiger partial charge in [-0.15, -0.1) is 0 Å². The van der Waals surface area contributed by atoms with E-state index in [9.17, 15) is 9.59 Å². The summed E-state index contributed by atoms with van der Waals surface area (Å²) in [5, 5.41) is 4.43. The van der Waals surface area contributed by atoms with Gasteiger partial charge in [-0.1, -0.05) is 80.1 Å². The van der Waals surface area contributed by atoms with E-state index in [1.54, 1.807) is 26.4 Å². The molecule has 3 rings (SSSR count). The average molecular weight is 432 g/mol. The number of benzene rings is 3. The van der Waals surface area contributed by atoms with Crippen molar-refractivity contribution in [2.75, 3.05) is 20.8 Å². The van der Waals surface area contributed by atoms with Crippen molar-refractivity contribution in [3.8, 4) is 0 Å². The van der Waals surface area contributed by atoms with Crippen LogP contribution in [0.5, 0.6) is 0 Å². The number of allylic oxidation sites excluding steroid dienone is 1. The molecule has 5 heteroatoms. The number of carbonyl (C=O) groups is 2. The van der Waals surface area contributed by atoms with Crippen molar-refractivity contribution < 1.29 is 19.1 Å². The van der Waals surface area contributed by atoms with Crippen molar-refractivity contribution in [3.63, 3.8) is 0 Å². The fourth-order valence-electron chi connectivity index (χ4n) is 3.81. The lowest BCUT2D eigenvalue weighted by molar-refractivity contribution is -0.116. The lowest BCUT2D eigenvalue weighted by Crippen LogP contribution is -2.28. The predicted molar refractivity (Wildman–Crippen MR) is 127 cm³/mol. The third kappa shape index (κ3) is 5.49. The topological polar surface area (TPSA) is 64.6 Å². The molecule has 1 N–H and O–H groups in total. The number of Topliss-reactive ketones (excluding diaryl/α,β-unsaturated/α-hetero) is 1. The highest BCUT2D eigenvalue weighted by molar-refractivity contribution is 6.11. The molecule has 32 heavy (non-hydrogen) atoms. The van der Waals surface area contributed by atoms with Crippen LogP contribution in [0, 0.1) is 0 Å². The maximum atomic E-state index is 13.0. The highest BCUT2D eigenvalue weighted by atomic mass is 16.7. The zero-order valence-corrected chi connectivity index (χ0v) is 18.8. The van der Waals surface area contributed by atoms with Crippen LogP contribution >= 0.6 is 0 Å². The monoisotopic (exact) mass is 431 g/mol. The van der Waals surface area contributed by atoms with Crippen LogP contribution in [-0.2, 0) is 14.3 Å². The molecule has 0 unspecified atom stereocenters. The van der Waals surface area contributed by atoms with Gasteiger partial charge in [0.15, 0.2) is 12.1 Å². The number of carbonyl (C=O) groups excluding carboxylic acids is 2. The Morgan fingerprint density at radius 2 is 1.56 bits per heavy atom. The fraction of sp³-hybridized carbons (Fsp3) is 0.259. The third-order valence-corrected chi connectivity index (χ3v) is 5.33. The summed E-state index contributed by atoms with van der Waals surface area (Å²) in [6.07, 6.45) is 2.78. The Kier molecular flexibility index (Phi) is 8.31. The van der Waals surface area contributed by atoms with Gasteiger partial charge in [0.05, 0.1) is 6.54 Å². The molecule has 0 fully saturated rings. The molecule has 0 bridgehead atoms. The zero-order chi connectivity index (χ0) is 22.9. The van der Waals surface area contributed by atoms with E-state index in [1.807, 2.05) is 60.7 Å². The van der Waals surface area contributed by atoms with Gasteiger partial charge >= 0.3 is 0 Å². The second-order valence-electron chi connectivity index (χ2n) is 7.48. The summed E-state index contributed by atoms with van der Waals surface area (Å²) in [5.41, 5.74) is 3.37. The third-order valence-electron chi connectivity index (χ3n) is 5.33. The lowest BCUT2D eigenvalue weighted by Gasteiger charge is -2.17. The Morgan fingerprint density at radius 3 is 2.22 bits per heavy atom. The van der Waals surface area contributed by atoms with Crippen molar-refractivity contribution in [1.29, 1.82) is 0 Å². The minimum absolute atomic E-state index is 0.0785. The molecule has 5 nitrogen and oxygen atoms in total. The second-order valence-corrected chi connectivity index (χ2v) is 7.48. The van der Waals surface area contributed by atoms with E-state index in [-0.39, 0.29) is 18.2 Å². The molecule has 0 aliphatic heterocycles. The number of fused-ring (bicyclic) bond motifs is 1. The molecule has 0 spiro atoms. The number of nitrogens with one attached hydrogen (secondary N) is 1. The minimum atomic E-state index is -0.524. The maximum Gasteiger partial charge on any atom is 0.244 e. The van der Waals surface area contributed by atoms with Gasteiger partial charge < -0.3 is 14.8 Å². The zero-order valence-electron chi connectivity index (χ0n) is 18.8. The molecule has 0 radical (unpaired) electrons. The quantitative estimate of drug-likeness (QED) is 0.268. The summed E-state index contributed by atoms with van der Waals surface area (Å²) in [7, 11) is 3.15. The first-order chi connectivity index (χ1) is 15.6. The van der Waals surface area contributed by atoms with Crippen molar-refractivity contribution in [2.45, 2.75) is 26.1 Å². The summed E-state index contributed by atoms with van der Waals surface area (Å²) in [6.45, 7) is 2.00. The maximum absolute atomic E-state index is 13.0. The van der Waals surface area contributed by atoms with E-state index in [2.05, 4.69) is 12.2 Å². The first-order valence-corrected chi connectivity index (χ1v) is 10.7. The molecular formula is C27H29NO4. The average Bonchev–Trinajstić information content (AvgIpc) is 2.83. The summed E-state index contributed by atoms with van der Waals surface area (Å²) in [5.74, 6) is -0.428. The highest BCUT2D eigenvalue weighted by Gasteiger charge is 2.17. The minimum Gasteiger partial charge on any atom is -0.352 e. The Morgan fingerprint density at radius 1 is 0.906 bits per heavy atom. The number of ketones is 1. The van der Waals surface area contributed by atoms with E-state index < -0.39 is 6.29 Å². The predicted octanol–water partition coefficient (Wildman–Crippen LogP) is 5.31. The number of methoxy groups -OCH3 is 2. The van der Waals surface area contributed by atoms with Crippen LogP contribution in [-0.4, -0.2) is 32.5 Å². The van der Waals surface area contributed by atoms with Crippen LogP contribution in [0.3, 0.4) is 0 Å². The Bertz CT molecular complexity index is 1100. The molecule has 1 amide bonds.